The summed E-state index contributed by atoms with van der Waals surface area (Å²) in [5.74, 6) is 0.0416. The van der Waals surface area contributed by atoms with Crippen LogP contribution in [0.4, 0.5) is 5.95 Å². The van der Waals surface area contributed by atoms with Crippen molar-refractivity contribution in [2.75, 3.05) is 30.4 Å². The molecule has 0 saturated carbocycles. The number of sulfone groups is 1. The molecule has 8 nitrogen and oxygen atoms in total. The minimum Gasteiger partial charge on any atom is -0.357 e. The topological polar surface area (TPSA) is 118 Å². The maximum absolute atomic E-state index is 11.8. The summed E-state index contributed by atoms with van der Waals surface area (Å²) in [6.07, 6.45) is 2.30. The average molecular weight is 308 g/mol. The molecule has 0 spiro atoms. The second-order valence-corrected chi connectivity index (χ2v) is 7.87. The molecule has 0 atom stereocenters. The third-order valence-corrected chi connectivity index (χ3v) is 5.43. The van der Waals surface area contributed by atoms with Crippen molar-refractivity contribution in [1.82, 2.24) is 14.7 Å². The highest BCUT2D eigenvalue weighted by Gasteiger charge is 2.16. The van der Waals surface area contributed by atoms with Crippen LogP contribution in [0.2, 0.25) is 0 Å². The maximum Gasteiger partial charge on any atom is 0.243 e. The normalized spacial score (nSPS) is 12.3. The number of aromatic nitrogens is 2. The molecule has 10 heteroatoms. The van der Waals surface area contributed by atoms with E-state index in [0.29, 0.717) is 5.95 Å². The Bertz CT molecular complexity index is 610. The first-order valence-electron chi connectivity index (χ1n) is 5.50. The summed E-state index contributed by atoms with van der Waals surface area (Å²) in [5.41, 5.74) is 0. The molecule has 0 aliphatic rings. The fraction of sp³-hybridized carbons (Fsp3) is 0.556. The minimum atomic E-state index is -3.78. The van der Waals surface area contributed by atoms with E-state index < -0.39 is 19.9 Å². The second kappa shape index (κ2) is 6.26. The Morgan fingerprint density at radius 3 is 2.21 bits per heavy atom. The highest BCUT2D eigenvalue weighted by molar-refractivity contribution is 7.91. The third kappa shape index (κ3) is 4.73. The molecule has 1 rings (SSSR count). The van der Waals surface area contributed by atoms with Crippen molar-refractivity contribution in [2.24, 2.45) is 0 Å². The molecule has 1 heterocycles. The van der Waals surface area contributed by atoms with Gasteiger partial charge in [-0.1, -0.05) is 6.92 Å². The van der Waals surface area contributed by atoms with Crippen LogP contribution in [0.5, 0.6) is 0 Å². The summed E-state index contributed by atoms with van der Waals surface area (Å²) in [5, 5.41) is 2.66. The van der Waals surface area contributed by atoms with Gasteiger partial charge >= 0.3 is 0 Å². The van der Waals surface area contributed by atoms with Crippen LogP contribution in [0.25, 0.3) is 0 Å². The monoisotopic (exact) mass is 308 g/mol. The molecule has 0 fully saturated rings. The van der Waals surface area contributed by atoms with Gasteiger partial charge in [0.1, 0.15) is 4.90 Å². The quantitative estimate of drug-likeness (QED) is 0.679. The van der Waals surface area contributed by atoms with Gasteiger partial charge < -0.3 is 5.32 Å². The van der Waals surface area contributed by atoms with Crippen LogP contribution < -0.4 is 10.0 Å². The molecular weight excluding hydrogens is 292 g/mol. The summed E-state index contributed by atoms with van der Waals surface area (Å²) >= 11 is 0. The lowest BCUT2D eigenvalue weighted by molar-refractivity contribution is 0.580. The van der Waals surface area contributed by atoms with Crippen LogP contribution >= 0.6 is 0 Å². The van der Waals surface area contributed by atoms with Gasteiger partial charge in [0.15, 0.2) is 9.84 Å². The van der Waals surface area contributed by atoms with Gasteiger partial charge in [-0.2, -0.15) is 0 Å². The predicted octanol–water partition coefficient (Wildman–Crippen LogP) is -0.769. The van der Waals surface area contributed by atoms with Crippen molar-refractivity contribution in [2.45, 2.75) is 11.8 Å². The van der Waals surface area contributed by atoms with E-state index in [9.17, 15) is 16.8 Å². The zero-order valence-electron chi connectivity index (χ0n) is 10.6. The molecule has 19 heavy (non-hydrogen) atoms. The molecule has 0 saturated heterocycles. The van der Waals surface area contributed by atoms with Crippen molar-refractivity contribution in [3.63, 3.8) is 0 Å². The number of nitrogens with one attached hydrogen (secondary N) is 2. The van der Waals surface area contributed by atoms with E-state index in [1.807, 2.05) is 0 Å². The summed E-state index contributed by atoms with van der Waals surface area (Å²) in [6.45, 7) is 1.33. The SMILES string of the molecule is CCS(=O)(=O)CCNS(=O)(=O)c1cnc(NC)nc1. The number of hydrogen-bond acceptors (Lipinski definition) is 7. The summed E-state index contributed by atoms with van der Waals surface area (Å²) < 4.78 is 48.3. The summed E-state index contributed by atoms with van der Waals surface area (Å²) in [7, 11) is -5.38. The summed E-state index contributed by atoms with van der Waals surface area (Å²) in [4.78, 5) is 7.44. The Labute approximate surface area is 112 Å². The molecular formula is C9H16N4O4S2. The van der Waals surface area contributed by atoms with Crippen LogP contribution in [-0.2, 0) is 19.9 Å². The Morgan fingerprint density at radius 2 is 1.74 bits per heavy atom. The van der Waals surface area contributed by atoms with E-state index in [-0.39, 0.29) is 22.9 Å². The first-order valence-corrected chi connectivity index (χ1v) is 8.81. The first kappa shape index (κ1) is 15.8. The lowest BCUT2D eigenvalue weighted by Gasteiger charge is -2.06. The molecule has 0 radical (unpaired) electrons. The van der Waals surface area contributed by atoms with Gasteiger partial charge in [-0.15, -0.1) is 0 Å². The van der Waals surface area contributed by atoms with Crippen LogP contribution in [0.3, 0.4) is 0 Å². The van der Waals surface area contributed by atoms with E-state index >= 15 is 0 Å². The van der Waals surface area contributed by atoms with Gasteiger partial charge in [0.05, 0.1) is 18.1 Å². The first-order chi connectivity index (χ1) is 8.80. The molecule has 108 valence electrons. The van der Waals surface area contributed by atoms with E-state index in [0.717, 1.165) is 12.4 Å². The maximum atomic E-state index is 11.8. The second-order valence-electron chi connectivity index (χ2n) is 3.63. The number of rotatable bonds is 7. The van der Waals surface area contributed by atoms with E-state index in [1.165, 1.54) is 6.92 Å². The third-order valence-electron chi connectivity index (χ3n) is 2.31. The zero-order chi connectivity index (χ0) is 14.5. The van der Waals surface area contributed by atoms with Gasteiger partial charge in [0.25, 0.3) is 0 Å². The zero-order valence-corrected chi connectivity index (χ0v) is 12.3. The van der Waals surface area contributed by atoms with Crippen LogP contribution in [0.15, 0.2) is 17.3 Å². The lowest BCUT2D eigenvalue weighted by atomic mass is 10.7. The molecule has 0 aliphatic carbocycles. The molecule has 0 aromatic carbocycles. The van der Waals surface area contributed by atoms with Gasteiger partial charge in [0, 0.05) is 19.3 Å². The smallest absolute Gasteiger partial charge is 0.243 e. The van der Waals surface area contributed by atoms with Crippen molar-refractivity contribution < 1.29 is 16.8 Å². The number of nitrogens with zero attached hydrogens (tertiary/aromatic N) is 2. The molecule has 0 aliphatic heterocycles. The fourth-order valence-electron chi connectivity index (χ4n) is 1.14. The summed E-state index contributed by atoms with van der Waals surface area (Å²) in [6, 6.07) is 0. The Morgan fingerprint density at radius 1 is 1.16 bits per heavy atom. The van der Waals surface area contributed by atoms with Crippen LogP contribution in [-0.4, -0.2) is 51.9 Å². The van der Waals surface area contributed by atoms with Crippen LogP contribution in [0, 0.1) is 0 Å². The Hall–Kier alpha value is -1.26. The van der Waals surface area contributed by atoms with Gasteiger partial charge in [-0.05, 0) is 0 Å². The molecule has 1 aromatic heterocycles. The molecule has 0 bridgehead atoms. The van der Waals surface area contributed by atoms with Crippen molar-refractivity contribution in [1.29, 1.82) is 0 Å². The lowest BCUT2D eigenvalue weighted by Crippen LogP contribution is -2.29. The van der Waals surface area contributed by atoms with E-state index in [2.05, 4.69) is 20.0 Å². The average Bonchev–Trinajstić information content (AvgIpc) is 2.38. The van der Waals surface area contributed by atoms with Crippen molar-refractivity contribution in [3.8, 4) is 0 Å². The largest absolute Gasteiger partial charge is 0.357 e. The predicted molar refractivity (Wildman–Crippen MR) is 71.1 cm³/mol. The van der Waals surface area contributed by atoms with E-state index in [1.54, 1.807) is 7.05 Å². The number of anilines is 1. The minimum absolute atomic E-state index is 0.0191. The van der Waals surface area contributed by atoms with Gasteiger partial charge in [-0.25, -0.2) is 31.5 Å². The van der Waals surface area contributed by atoms with Gasteiger partial charge in [0.2, 0.25) is 16.0 Å². The van der Waals surface area contributed by atoms with E-state index in [4.69, 9.17) is 0 Å². The standard InChI is InChI=1S/C9H16N4O4S2/c1-3-18(14,15)5-4-13-19(16,17)8-6-11-9(10-2)12-7-8/h6-7,13H,3-5H2,1-2H3,(H,10,11,12). The highest BCUT2D eigenvalue weighted by Crippen LogP contribution is 2.06. The fourth-order valence-corrected chi connectivity index (χ4v) is 2.89. The molecule has 1 aromatic rings. The van der Waals surface area contributed by atoms with Gasteiger partial charge in [-0.3, -0.25) is 0 Å². The number of sulfonamides is 1. The van der Waals surface area contributed by atoms with Crippen molar-refractivity contribution >= 4 is 25.8 Å². The molecule has 0 unspecified atom stereocenters. The Balaban J connectivity index is 2.70. The highest BCUT2D eigenvalue weighted by atomic mass is 32.2. The Kier molecular flexibility index (Phi) is 5.20. The van der Waals surface area contributed by atoms with Crippen LogP contribution in [0.1, 0.15) is 6.92 Å². The molecule has 0 amide bonds. The molecule has 2 N–H and O–H groups in total. The number of hydrogen-bond donors (Lipinski definition) is 2. The van der Waals surface area contributed by atoms with Crippen molar-refractivity contribution in [3.05, 3.63) is 12.4 Å².